The Bertz CT molecular complexity index is 1020. The predicted molar refractivity (Wildman–Crippen MR) is 129 cm³/mol. The third-order valence-corrected chi connectivity index (χ3v) is 7.03. The molecule has 0 radical (unpaired) electrons. The van der Waals surface area contributed by atoms with E-state index in [9.17, 15) is 0 Å². The van der Waals surface area contributed by atoms with E-state index < -0.39 is 0 Å². The zero-order valence-electron chi connectivity index (χ0n) is 18.8. The summed E-state index contributed by atoms with van der Waals surface area (Å²) in [6, 6.07) is 20.4. The van der Waals surface area contributed by atoms with Crippen molar-refractivity contribution < 1.29 is 4.48 Å². The van der Waals surface area contributed by atoms with E-state index in [0.29, 0.717) is 5.82 Å². The highest BCUT2D eigenvalue weighted by atomic mass is 15.5. The van der Waals surface area contributed by atoms with Gasteiger partial charge in [0.2, 0.25) is 0 Å². The summed E-state index contributed by atoms with van der Waals surface area (Å²) in [4.78, 5) is 5.09. The highest BCUT2D eigenvalue weighted by molar-refractivity contribution is 5.61. The average molecular weight is 431 g/mol. The number of anilines is 1. The van der Waals surface area contributed by atoms with Crippen molar-refractivity contribution in [1.29, 1.82) is 0 Å². The first kappa shape index (κ1) is 20.8. The number of aromatic amines is 1. The summed E-state index contributed by atoms with van der Waals surface area (Å²) >= 11 is 0. The second kappa shape index (κ2) is 9.22. The number of nitrogens with one attached hydrogen (secondary N) is 1. The van der Waals surface area contributed by atoms with Gasteiger partial charge in [-0.2, -0.15) is 5.10 Å². The van der Waals surface area contributed by atoms with E-state index in [2.05, 4.69) is 49.3 Å². The van der Waals surface area contributed by atoms with Crippen LogP contribution < -0.4 is 4.90 Å². The number of hydrogen-bond donors (Lipinski definition) is 1. The molecule has 0 amide bonds. The fourth-order valence-corrected chi connectivity index (χ4v) is 4.84. The second-order valence-electron chi connectivity index (χ2n) is 8.88. The minimum atomic E-state index is 0.582. The van der Waals surface area contributed by atoms with Gasteiger partial charge in [-0.15, -0.1) is 10.2 Å². The van der Waals surface area contributed by atoms with E-state index in [4.69, 9.17) is 0 Å². The molecule has 6 rings (SSSR count). The number of fused-ring (bicyclic) bond motifs is 3. The third kappa shape index (κ3) is 4.59. The Hall–Kier alpha value is -3.03. The van der Waals surface area contributed by atoms with Gasteiger partial charge in [-0.3, -0.25) is 10.00 Å². The molecule has 4 heterocycles. The highest BCUT2D eigenvalue weighted by Crippen LogP contribution is 2.25. The summed E-state index contributed by atoms with van der Waals surface area (Å²) in [6.45, 7) is 13.4. The van der Waals surface area contributed by atoms with E-state index in [-0.39, 0.29) is 0 Å². The minimum Gasteiger partial charge on any atom is -0.366 e. The number of azo groups is 1. The van der Waals surface area contributed by atoms with Gasteiger partial charge in [-0.1, -0.05) is 30.3 Å². The first-order valence-electron chi connectivity index (χ1n) is 11.7. The van der Waals surface area contributed by atoms with Crippen LogP contribution in [0.15, 0.2) is 70.9 Å². The molecule has 3 fully saturated rings. The zero-order chi connectivity index (χ0) is 21.8. The Kier molecular flexibility index (Phi) is 6.01. The number of H-pyrrole nitrogens is 1. The van der Waals surface area contributed by atoms with Crippen LogP contribution in [0.3, 0.4) is 0 Å². The molecule has 166 valence electrons. The van der Waals surface area contributed by atoms with Gasteiger partial charge in [0.15, 0.2) is 5.82 Å². The number of likely N-dealkylation sites (N-methyl/N-ethyl adjacent to an activating group) is 1. The SMILES string of the molecule is CCN(CC[N+]12CCN(CC1)CC2)c1ccc(/N=N/c2cc(-c3ccccc3)[nH]n2)cc1. The van der Waals surface area contributed by atoms with Crippen LogP contribution in [0.2, 0.25) is 0 Å². The van der Waals surface area contributed by atoms with Crippen LogP contribution in [-0.4, -0.2) is 78.5 Å². The number of rotatable bonds is 8. The summed E-state index contributed by atoms with van der Waals surface area (Å²) in [5.41, 5.74) is 4.12. The van der Waals surface area contributed by atoms with Crippen LogP contribution in [0.4, 0.5) is 17.2 Å². The molecule has 3 aromatic rings. The van der Waals surface area contributed by atoms with Crippen LogP contribution in [0.5, 0.6) is 0 Å². The Morgan fingerprint density at radius 2 is 1.69 bits per heavy atom. The van der Waals surface area contributed by atoms with E-state index in [1.807, 2.05) is 48.5 Å². The quantitative estimate of drug-likeness (QED) is 0.424. The zero-order valence-corrected chi connectivity index (χ0v) is 18.8. The van der Waals surface area contributed by atoms with Crippen LogP contribution >= 0.6 is 0 Å². The average Bonchev–Trinajstić information content (AvgIpc) is 3.35. The van der Waals surface area contributed by atoms with Gasteiger partial charge in [0.1, 0.15) is 0 Å². The van der Waals surface area contributed by atoms with Crippen molar-refractivity contribution in [3.05, 3.63) is 60.7 Å². The lowest BCUT2D eigenvalue weighted by Crippen LogP contribution is -2.68. The van der Waals surface area contributed by atoms with E-state index in [1.54, 1.807) is 0 Å². The molecule has 3 aliphatic heterocycles. The molecule has 7 heteroatoms. The molecular weight excluding hydrogens is 398 g/mol. The molecule has 1 N–H and O–H groups in total. The molecule has 1 aromatic heterocycles. The van der Waals surface area contributed by atoms with Crippen molar-refractivity contribution in [2.45, 2.75) is 6.92 Å². The maximum atomic E-state index is 4.38. The Balaban J connectivity index is 1.20. The molecule has 7 nitrogen and oxygen atoms in total. The molecular formula is C25H32N7+. The largest absolute Gasteiger partial charge is 0.366 e. The molecule has 3 saturated heterocycles. The molecule has 0 aliphatic carbocycles. The Labute approximate surface area is 190 Å². The summed E-state index contributed by atoms with van der Waals surface area (Å²) in [5.74, 6) is 0.582. The van der Waals surface area contributed by atoms with Crippen molar-refractivity contribution in [3.63, 3.8) is 0 Å². The van der Waals surface area contributed by atoms with Crippen LogP contribution in [0.25, 0.3) is 11.3 Å². The lowest BCUT2D eigenvalue weighted by molar-refractivity contribution is -0.939. The molecule has 2 aromatic carbocycles. The molecule has 0 spiro atoms. The van der Waals surface area contributed by atoms with Crippen LogP contribution in [0.1, 0.15) is 6.92 Å². The minimum absolute atomic E-state index is 0.582. The van der Waals surface area contributed by atoms with Gasteiger partial charge in [0.05, 0.1) is 44.1 Å². The number of quaternary nitrogens is 1. The monoisotopic (exact) mass is 430 g/mol. The molecule has 0 saturated carbocycles. The van der Waals surface area contributed by atoms with Gasteiger partial charge in [-0.25, -0.2) is 0 Å². The maximum absolute atomic E-state index is 4.38. The van der Waals surface area contributed by atoms with Gasteiger partial charge < -0.3 is 9.38 Å². The lowest BCUT2D eigenvalue weighted by atomic mass is 10.1. The first-order valence-corrected chi connectivity index (χ1v) is 11.7. The predicted octanol–water partition coefficient (Wildman–Crippen LogP) is 4.46. The lowest BCUT2D eigenvalue weighted by Gasteiger charge is -2.51. The van der Waals surface area contributed by atoms with Gasteiger partial charge in [0, 0.05) is 37.9 Å². The number of aromatic nitrogens is 2. The van der Waals surface area contributed by atoms with Crippen molar-refractivity contribution in [2.75, 3.05) is 63.8 Å². The molecule has 0 unspecified atom stereocenters. The van der Waals surface area contributed by atoms with Crippen molar-refractivity contribution in [2.24, 2.45) is 10.2 Å². The third-order valence-electron chi connectivity index (χ3n) is 7.03. The Morgan fingerprint density at radius 3 is 2.38 bits per heavy atom. The number of nitrogens with zero attached hydrogens (tertiary/aromatic N) is 6. The number of hydrogen-bond acceptors (Lipinski definition) is 5. The summed E-state index contributed by atoms with van der Waals surface area (Å²) < 4.78 is 1.30. The summed E-state index contributed by atoms with van der Waals surface area (Å²) in [5, 5.41) is 16.0. The highest BCUT2D eigenvalue weighted by Gasteiger charge is 2.38. The smallest absolute Gasteiger partial charge is 0.196 e. The summed E-state index contributed by atoms with van der Waals surface area (Å²) in [7, 11) is 0. The van der Waals surface area contributed by atoms with Crippen LogP contribution in [0, 0.1) is 0 Å². The van der Waals surface area contributed by atoms with E-state index in [1.165, 1.54) is 56.0 Å². The Morgan fingerprint density at radius 1 is 0.969 bits per heavy atom. The van der Waals surface area contributed by atoms with E-state index >= 15 is 0 Å². The summed E-state index contributed by atoms with van der Waals surface area (Å²) in [6.07, 6.45) is 0. The molecule has 0 atom stereocenters. The number of benzene rings is 2. The molecule has 32 heavy (non-hydrogen) atoms. The first-order chi connectivity index (χ1) is 15.7. The second-order valence-corrected chi connectivity index (χ2v) is 8.88. The van der Waals surface area contributed by atoms with Gasteiger partial charge in [0.25, 0.3) is 0 Å². The van der Waals surface area contributed by atoms with E-state index in [0.717, 1.165) is 30.0 Å². The fraction of sp³-hybridized carbons (Fsp3) is 0.400. The normalized spacial score (nSPS) is 22.5. The van der Waals surface area contributed by atoms with Crippen molar-refractivity contribution >= 4 is 17.2 Å². The fourth-order valence-electron chi connectivity index (χ4n) is 4.84. The topological polar surface area (TPSA) is 59.9 Å². The van der Waals surface area contributed by atoms with Crippen LogP contribution in [-0.2, 0) is 0 Å². The standard InChI is InChI=1S/C25H32N7/c1-2-31(15-19-32-16-12-30(13-17-32)14-18-32)23-10-8-22(9-11-23)26-28-25-20-24(27-29-25)21-6-4-3-5-7-21/h3-11,20H,2,12-19H2,1H3,(H,27,29)/q+1/b28-26+. The number of piperazine rings is 3. The molecule has 2 bridgehead atoms. The van der Waals surface area contributed by atoms with Crippen molar-refractivity contribution in [1.82, 2.24) is 15.1 Å². The van der Waals surface area contributed by atoms with Crippen molar-refractivity contribution in [3.8, 4) is 11.3 Å². The van der Waals surface area contributed by atoms with Gasteiger partial charge in [-0.05, 0) is 36.8 Å². The maximum Gasteiger partial charge on any atom is 0.196 e. The van der Waals surface area contributed by atoms with Gasteiger partial charge >= 0.3 is 0 Å². The molecule has 3 aliphatic rings.